The van der Waals surface area contributed by atoms with Crippen molar-refractivity contribution in [2.75, 3.05) is 22.6 Å². The highest BCUT2D eigenvalue weighted by Crippen LogP contribution is 2.44. The molecule has 2 aliphatic heterocycles. The maximum Gasteiger partial charge on any atom is 0.270 e. The number of carbonyl (C=O) groups excluding carboxylic acids is 1. The monoisotopic (exact) mass is 440 g/mol. The molecule has 3 heterocycles. The quantitative estimate of drug-likeness (QED) is 0.557. The van der Waals surface area contributed by atoms with Gasteiger partial charge < -0.3 is 5.32 Å². The predicted molar refractivity (Wildman–Crippen MR) is 112 cm³/mol. The number of thioether (sulfide) groups is 2. The molecule has 0 spiro atoms. The number of aromatic nitrogens is 2. The lowest BCUT2D eigenvalue weighted by Gasteiger charge is -2.24. The molecule has 0 bridgehead atoms. The van der Waals surface area contributed by atoms with Crippen LogP contribution in [0, 0.1) is 10.1 Å². The fraction of sp³-hybridized carbons (Fsp3) is 0.412. The van der Waals surface area contributed by atoms with Crippen molar-refractivity contribution in [1.29, 1.82) is 0 Å². The lowest BCUT2D eigenvalue weighted by molar-refractivity contribution is -0.384. The van der Waals surface area contributed by atoms with E-state index in [4.69, 9.17) is 11.6 Å². The van der Waals surface area contributed by atoms with Crippen molar-refractivity contribution >= 4 is 52.5 Å². The van der Waals surface area contributed by atoms with E-state index in [1.54, 1.807) is 4.68 Å². The number of fused-ring (bicyclic) bond motifs is 1. The number of nitro groups is 1. The van der Waals surface area contributed by atoms with Crippen molar-refractivity contribution in [3.05, 3.63) is 54.8 Å². The van der Waals surface area contributed by atoms with E-state index in [2.05, 4.69) is 10.4 Å². The molecular formula is C17H17ClN4O4S2. The van der Waals surface area contributed by atoms with E-state index in [-0.39, 0.29) is 28.9 Å². The molecule has 1 amide bonds. The van der Waals surface area contributed by atoms with Gasteiger partial charge in [-0.15, -0.1) is 11.8 Å². The van der Waals surface area contributed by atoms with Gasteiger partial charge >= 0.3 is 0 Å². The minimum absolute atomic E-state index is 0.0994. The number of benzene rings is 1. The Kier molecular flexibility index (Phi) is 5.44. The molecule has 0 aliphatic carbocycles. The molecule has 1 aromatic carbocycles. The van der Waals surface area contributed by atoms with Crippen LogP contribution in [0.15, 0.2) is 23.0 Å². The van der Waals surface area contributed by atoms with Crippen LogP contribution in [0.5, 0.6) is 0 Å². The Morgan fingerprint density at radius 3 is 2.71 bits per heavy atom. The van der Waals surface area contributed by atoms with E-state index < -0.39 is 10.2 Å². The number of nitrogens with zero attached hydrogens (tertiary/aromatic N) is 2. The number of amides is 1. The number of nitro benzene ring substituents is 1. The average molecular weight is 441 g/mol. The lowest BCUT2D eigenvalue weighted by atomic mass is 10.0. The largest absolute Gasteiger partial charge is 0.310 e. The topological polar surface area (TPSA) is 110 Å². The van der Waals surface area contributed by atoms with Crippen molar-refractivity contribution in [1.82, 2.24) is 9.78 Å². The summed E-state index contributed by atoms with van der Waals surface area (Å²) in [6.07, 6.45) is 1.79. The predicted octanol–water partition coefficient (Wildman–Crippen LogP) is 3.58. The molecule has 28 heavy (non-hydrogen) atoms. The Bertz CT molecular complexity index is 1000. The SMILES string of the molecule is O=C1CSC(c2cc([N+](=O)[O-])ccc2Cl)c2c(n(C3CCSCC3)[nH]c2=O)N1. The van der Waals surface area contributed by atoms with Crippen molar-refractivity contribution in [3.8, 4) is 0 Å². The minimum Gasteiger partial charge on any atom is -0.310 e. The summed E-state index contributed by atoms with van der Waals surface area (Å²) in [6.45, 7) is 0. The van der Waals surface area contributed by atoms with Gasteiger partial charge in [0.25, 0.3) is 11.2 Å². The summed E-state index contributed by atoms with van der Waals surface area (Å²) < 4.78 is 1.76. The van der Waals surface area contributed by atoms with Crippen LogP contribution in [-0.2, 0) is 4.79 Å². The third-order valence-corrected chi connectivity index (χ3v) is 7.54. The zero-order chi connectivity index (χ0) is 19.8. The first kappa shape index (κ1) is 19.4. The molecule has 1 saturated heterocycles. The van der Waals surface area contributed by atoms with Gasteiger partial charge in [0.1, 0.15) is 5.82 Å². The zero-order valence-electron chi connectivity index (χ0n) is 14.6. The second-order valence-electron chi connectivity index (χ2n) is 6.62. The fourth-order valence-electron chi connectivity index (χ4n) is 3.55. The smallest absolute Gasteiger partial charge is 0.270 e. The van der Waals surface area contributed by atoms with E-state index in [1.807, 2.05) is 11.8 Å². The van der Waals surface area contributed by atoms with Gasteiger partial charge in [-0.3, -0.25) is 29.5 Å². The van der Waals surface area contributed by atoms with Gasteiger partial charge in [0, 0.05) is 17.2 Å². The Morgan fingerprint density at radius 1 is 1.25 bits per heavy atom. The highest BCUT2D eigenvalue weighted by atomic mass is 35.5. The summed E-state index contributed by atoms with van der Waals surface area (Å²) >= 11 is 9.44. The molecule has 1 atom stereocenters. The summed E-state index contributed by atoms with van der Waals surface area (Å²) in [5.74, 6) is 2.33. The number of aromatic amines is 1. The molecule has 0 radical (unpaired) electrons. The van der Waals surface area contributed by atoms with Crippen LogP contribution in [0.25, 0.3) is 0 Å². The third-order valence-electron chi connectivity index (χ3n) is 4.89. The minimum atomic E-state index is -0.579. The van der Waals surface area contributed by atoms with Crippen molar-refractivity contribution in [2.24, 2.45) is 0 Å². The standard InChI is InChI=1S/C17H17ClN4O4S2/c18-12-2-1-10(22(25)26)7-11(12)15-14-16(19-13(23)8-28-15)21(20-17(14)24)9-3-5-27-6-4-9/h1-2,7,9,15H,3-6,8H2,(H,19,23)(H,20,24). The van der Waals surface area contributed by atoms with E-state index in [0.29, 0.717) is 22.0 Å². The Hall–Kier alpha value is -1.91. The number of rotatable bonds is 3. The summed E-state index contributed by atoms with van der Waals surface area (Å²) in [7, 11) is 0. The molecule has 11 heteroatoms. The second kappa shape index (κ2) is 7.84. The Morgan fingerprint density at radius 2 is 2.00 bits per heavy atom. The normalized spacial score (nSPS) is 20.3. The third kappa shape index (κ3) is 3.56. The van der Waals surface area contributed by atoms with Crippen LogP contribution < -0.4 is 10.9 Å². The van der Waals surface area contributed by atoms with Crippen LogP contribution in [0.4, 0.5) is 11.5 Å². The molecule has 2 aliphatic rings. The summed E-state index contributed by atoms with van der Waals surface area (Å²) in [4.78, 5) is 35.9. The van der Waals surface area contributed by atoms with Gasteiger partial charge in [0.15, 0.2) is 0 Å². The summed E-state index contributed by atoms with van der Waals surface area (Å²) in [5.41, 5.74) is 0.429. The number of nitrogens with one attached hydrogen (secondary N) is 2. The van der Waals surface area contributed by atoms with E-state index in [1.165, 1.54) is 30.0 Å². The van der Waals surface area contributed by atoms with Gasteiger partial charge in [-0.1, -0.05) is 11.6 Å². The number of anilines is 1. The zero-order valence-corrected chi connectivity index (χ0v) is 17.0. The van der Waals surface area contributed by atoms with Gasteiger partial charge in [0.2, 0.25) is 5.91 Å². The molecule has 0 saturated carbocycles. The van der Waals surface area contributed by atoms with Gasteiger partial charge in [-0.2, -0.15) is 11.8 Å². The van der Waals surface area contributed by atoms with Crippen molar-refractivity contribution in [3.63, 3.8) is 0 Å². The molecule has 1 unspecified atom stereocenters. The number of carbonyl (C=O) groups is 1. The van der Waals surface area contributed by atoms with Crippen LogP contribution >= 0.6 is 35.1 Å². The number of halogens is 1. The number of non-ortho nitro benzene ring substituents is 1. The second-order valence-corrected chi connectivity index (χ2v) is 9.34. The fourth-order valence-corrected chi connectivity index (χ4v) is 6.08. The average Bonchev–Trinajstić information content (AvgIpc) is 2.89. The van der Waals surface area contributed by atoms with Crippen LogP contribution in [-0.4, -0.2) is 37.9 Å². The molecule has 1 aromatic heterocycles. The van der Waals surface area contributed by atoms with Crippen molar-refractivity contribution < 1.29 is 9.72 Å². The Balaban J connectivity index is 1.85. The van der Waals surface area contributed by atoms with Crippen LogP contribution in [0.3, 0.4) is 0 Å². The van der Waals surface area contributed by atoms with Crippen molar-refractivity contribution in [2.45, 2.75) is 24.1 Å². The first-order valence-corrected chi connectivity index (χ1v) is 11.3. The number of hydrogen-bond donors (Lipinski definition) is 2. The molecule has 148 valence electrons. The van der Waals surface area contributed by atoms with Gasteiger partial charge in [-0.25, -0.2) is 0 Å². The van der Waals surface area contributed by atoms with E-state index in [0.717, 1.165) is 24.3 Å². The molecule has 1 fully saturated rings. The maximum atomic E-state index is 12.9. The highest BCUT2D eigenvalue weighted by Gasteiger charge is 2.34. The first-order chi connectivity index (χ1) is 13.5. The first-order valence-electron chi connectivity index (χ1n) is 8.73. The van der Waals surface area contributed by atoms with E-state index >= 15 is 0 Å². The molecule has 8 nitrogen and oxygen atoms in total. The maximum absolute atomic E-state index is 12.9. The molecular weight excluding hydrogens is 424 g/mol. The van der Waals surface area contributed by atoms with Gasteiger partial charge in [-0.05, 0) is 36.0 Å². The lowest BCUT2D eigenvalue weighted by Crippen LogP contribution is -2.22. The van der Waals surface area contributed by atoms with Crippen LogP contribution in [0.1, 0.15) is 35.3 Å². The molecule has 4 rings (SSSR count). The highest BCUT2D eigenvalue weighted by molar-refractivity contribution is 8.00. The van der Waals surface area contributed by atoms with Gasteiger partial charge in [0.05, 0.1) is 27.5 Å². The van der Waals surface area contributed by atoms with Crippen LogP contribution in [0.2, 0.25) is 5.02 Å². The molecule has 2 N–H and O–H groups in total. The number of H-pyrrole nitrogens is 1. The summed E-state index contributed by atoms with van der Waals surface area (Å²) in [5, 5.41) is 16.7. The molecule has 2 aromatic rings. The summed E-state index contributed by atoms with van der Waals surface area (Å²) in [6, 6.07) is 4.27. The number of hydrogen-bond acceptors (Lipinski definition) is 6. The Labute approximate surface area is 173 Å². The van der Waals surface area contributed by atoms with E-state index in [9.17, 15) is 19.7 Å².